The van der Waals surface area contributed by atoms with Crippen LogP contribution in [0, 0.1) is 8.99 Å². The number of carbonyl (C=O) groups is 3. The molecule has 5 rings (SSSR count). The molecule has 248 valence electrons. The van der Waals surface area contributed by atoms with E-state index in [2.05, 4.69) is 32.9 Å². The van der Waals surface area contributed by atoms with Crippen LogP contribution in [0.15, 0.2) is 78.9 Å². The topological polar surface area (TPSA) is 143 Å². The van der Waals surface area contributed by atoms with Gasteiger partial charge in [0.05, 0.1) is 0 Å². The first-order valence-electron chi connectivity index (χ1n) is 14.8. The van der Waals surface area contributed by atoms with Crippen LogP contribution in [0.4, 0.5) is 20.2 Å². The summed E-state index contributed by atoms with van der Waals surface area (Å²) in [6, 6.07) is 19.1. The van der Waals surface area contributed by atoms with Crippen molar-refractivity contribution in [1.29, 1.82) is 0 Å². The second-order valence-corrected chi connectivity index (χ2v) is 15.4. The van der Waals surface area contributed by atoms with Gasteiger partial charge in [0.1, 0.15) is 17.8 Å². The molecule has 1 fully saturated rings. The fourth-order valence-corrected chi connectivity index (χ4v) is 6.48. The van der Waals surface area contributed by atoms with Crippen LogP contribution in [0.2, 0.25) is 0 Å². The maximum atomic E-state index is 14.3. The lowest BCUT2D eigenvalue weighted by atomic mass is 9.85. The van der Waals surface area contributed by atoms with Crippen molar-refractivity contribution in [2.45, 2.75) is 51.4 Å². The Labute approximate surface area is 283 Å². The molecule has 2 unspecified atom stereocenters. The summed E-state index contributed by atoms with van der Waals surface area (Å²) in [4.78, 5) is 66.1. The highest BCUT2D eigenvalue weighted by Gasteiger charge is 2.50. The number of hydrogen-bond donors (Lipinski definition) is 4. The molecule has 4 aromatic rings. The molecule has 2 atom stereocenters. The maximum absolute atomic E-state index is 14.3. The molecule has 0 aliphatic carbocycles. The predicted molar refractivity (Wildman–Crippen MR) is 182 cm³/mol. The highest BCUT2D eigenvalue weighted by atomic mass is 127. The smallest absolute Gasteiger partial charge is 0.351 e. The lowest BCUT2D eigenvalue weighted by molar-refractivity contribution is -0.140. The van der Waals surface area contributed by atoms with Crippen molar-refractivity contribution in [2.24, 2.45) is 5.41 Å². The number of aromatic nitrogens is 1. The van der Waals surface area contributed by atoms with Gasteiger partial charge in [0, 0.05) is 38.0 Å². The van der Waals surface area contributed by atoms with Crippen LogP contribution >= 0.6 is 30.2 Å². The third-order valence-electron chi connectivity index (χ3n) is 8.11. The number of amides is 3. The van der Waals surface area contributed by atoms with Crippen LogP contribution in [-0.2, 0) is 19.8 Å². The summed E-state index contributed by atoms with van der Waals surface area (Å²) in [6.07, 6.45) is 1.03. The highest BCUT2D eigenvalue weighted by Crippen LogP contribution is 2.59. The molecule has 14 heteroatoms. The number of nitrogens with one attached hydrogen (secondary N) is 2. The van der Waals surface area contributed by atoms with E-state index in [9.17, 15) is 27.7 Å². The van der Waals surface area contributed by atoms with Gasteiger partial charge >= 0.3 is 13.3 Å². The number of benzene rings is 3. The normalized spacial score (nSPS) is 16.3. The van der Waals surface area contributed by atoms with Crippen molar-refractivity contribution in [3.05, 3.63) is 93.7 Å². The minimum Gasteiger partial charge on any atom is -0.351 e. The van der Waals surface area contributed by atoms with Gasteiger partial charge in [-0.2, -0.15) is 8.78 Å². The molecular formula is C33H34F2IN4O6P. The van der Waals surface area contributed by atoms with Crippen LogP contribution in [0.1, 0.15) is 49.7 Å². The van der Waals surface area contributed by atoms with Crippen molar-refractivity contribution in [3.63, 3.8) is 0 Å². The first-order valence-corrected chi connectivity index (χ1v) is 17.5. The average Bonchev–Trinajstić information content (AvgIpc) is 3.67. The van der Waals surface area contributed by atoms with Gasteiger partial charge in [0.15, 0.2) is 0 Å². The van der Waals surface area contributed by atoms with Gasteiger partial charge in [-0.1, -0.05) is 45.0 Å². The molecule has 3 aromatic carbocycles. The minimum absolute atomic E-state index is 0.0401. The average molecular weight is 779 g/mol. The van der Waals surface area contributed by atoms with E-state index in [1.165, 1.54) is 17.0 Å². The molecule has 3 amide bonds. The van der Waals surface area contributed by atoms with Crippen molar-refractivity contribution in [2.75, 3.05) is 11.4 Å². The zero-order valence-corrected chi connectivity index (χ0v) is 28.8. The Morgan fingerprint density at radius 3 is 2.26 bits per heavy atom. The Morgan fingerprint density at radius 1 is 1.00 bits per heavy atom. The van der Waals surface area contributed by atoms with Crippen LogP contribution in [0.3, 0.4) is 0 Å². The summed E-state index contributed by atoms with van der Waals surface area (Å²) >= 11 is 2.19. The van der Waals surface area contributed by atoms with Crippen LogP contribution < -0.4 is 10.2 Å². The quantitative estimate of drug-likeness (QED) is 0.119. The fraction of sp³-hybridized carbons (Fsp3) is 0.303. The van der Waals surface area contributed by atoms with E-state index in [0.717, 1.165) is 15.7 Å². The second kappa shape index (κ2) is 13.1. The third kappa shape index (κ3) is 7.13. The lowest BCUT2D eigenvalue weighted by Crippen LogP contribution is -2.57. The van der Waals surface area contributed by atoms with Gasteiger partial charge < -0.3 is 25.0 Å². The predicted octanol–water partition coefficient (Wildman–Crippen LogP) is 6.50. The number of likely N-dealkylation sites (tertiary alicyclic amines) is 1. The molecule has 10 nitrogen and oxygen atoms in total. The summed E-state index contributed by atoms with van der Waals surface area (Å²) in [5.41, 5.74) is -4.55. The van der Waals surface area contributed by atoms with Gasteiger partial charge in [-0.15, -0.1) is 0 Å². The molecule has 1 aliphatic rings. The molecule has 1 aliphatic heterocycles. The Bertz CT molecular complexity index is 1860. The van der Waals surface area contributed by atoms with E-state index in [0.29, 0.717) is 30.8 Å². The van der Waals surface area contributed by atoms with E-state index >= 15 is 0 Å². The largest absolute Gasteiger partial charge is 0.399 e. The van der Waals surface area contributed by atoms with E-state index < -0.39 is 48.1 Å². The Morgan fingerprint density at radius 2 is 1.64 bits per heavy atom. The Hall–Kier alpha value is -3.65. The fourth-order valence-electron chi connectivity index (χ4n) is 5.64. The molecule has 1 aromatic heterocycles. The summed E-state index contributed by atoms with van der Waals surface area (Å²) in [7, 11) is -5.79. The number of fused-ring (bicyclic) bond motifs is 1. The second-order valence-electron chi connectivity index (χ2n) is 12.5. The molecule has 4 N–H and O–H groups in total. The van der Waals surface area contributed by atoms with Gasteiger partial charge in [0.25, 0.3) is 11.8 Å². The highest BCUT2D eigenvalue weighted by molar-refractivity contribution is 14.1. The van der Waals surface area contributed by atoms with Crippen LogP contribution in [0.25, 0.3) is 10.9 Å². The van der Waals surface area contributed by atoms with Crippen molar-refractivity contribution in [1.82, 2.24) is 15.2 Å². The standard InChI is InChI=1S/C33H34F2IN4O6P/c1-32(2,3)28(38-29(41)26-19-20-18-21(11-16-25(20)37-26)33(34,35)47(44,45)46)31(43)39-17-7-10-27(39)30(42)40(23-8-5-4-6-9-23)24-14-12-22(36)13-15-24/h4-6,8-9,11-16,18-19,27-28,37H,7,10,17H2,1-3H3,(H,38,41)(H2,44,45,46). The molecular weight excluding hydrogens is 744 g/mol. The number of para-hydroxylation sites is 1. The van der Waals surface area contributed by atoms with Gasteiger partial charge in [-0.25, -0.2) is 0 Å². The SMILES string of the molecule is CC(C)(C)C(NC(=O)c1cc2cc(C(F)(F)P(=O)(O)O)ccc2[nH]1)C(=O)N1CCCC1C(=O)N(c1ccccc1)c1ccc(I)cc1. The van der Waals surface area contributed by atoms with Gasteiger partial charge in [-0.3, -0.25) is 23.8 Å². The first-order chi connectivity index (χ1) is 22.0. The molecule has 2 heterocycles. The number of H-pyrrole nitrogens is 1. The van der Waals surface area contributed by atoms with E-state index in [4.69, 9.17) is 9.79 Å². The van der Waals surface area contributed by atoms with Gasteiger partial charge in [-0.05, 0) is 95.4 Å². The third-order valence-corrected chi connectivity index (χ3v) is 9.82. The zero-order chi connectivity index (χ0) is 34.3. The van der Waals surface area contributed by atoms with E-state index in [-0.39, 0.29) is 22.5 Å². The number of halogens is 3. The molecule has 0 radical (unpaired) electrons. The first kappa shape index (κ1) is 34.7. The van der Waals surface area contributed by atoms with Gasteiger partial charge in [0.2, 0.25) is 5.91 Å². The summed E-state index contributed by atoms with van der Waals surface area (Å²) in [5, 5.41) is 2.90. The number of anilines is 2. The number of rotatable bonds is 8. The van der Waals surface area contributed by atoms with Crippen molar-refractivity contribution in [3.8, 4) is 0 Å². The summed E-state index contributed by atoms with van der Waals surface area (Å²) in [5.74, 6) is -1.40. The zero-order valence-electron chi connectivity index (χ0n) is 25.8. The monoisotopic (exact) mass is 778 g/mol. The Balaban J connectivity index is 1.41. The van der Waals surface area contributed by atoms with Crippen LogP contribution in [-0.4, -0.2) is 56.0 Å². The number of aromatic amines is 1. The maximum Gasteiger partial charge on any atom is 0.399 e. The summed E-state index contributed by atoms with van der Waals surface area (Å²) in [6.45, 7) is 5.67. The van der Waals surface area contributed by atoms with E-state index in [1.54, 1.807) is 25.7 Å². The molecule has 0 saturated carbocycles. The molecule has 47 heavy (non-hydrogen) atoms. The molecule has 1 saturated heterocycles. The molecule has 0 spiro atoms. The number of carbonyl (C=O) groups excluding carboxylic acids is 3. The Kier molecular flexibility index (Phi) is 9.66. The van der Waals surface area contributed by atoms with Crippen molar-refractivity contribution < 1.29 is 37.5 Å². The van der Waals surface area contributed by atoms with Crippen molar-refractivity contribution >= 4 is 70.2 Å². The lowest BCUT2D eigenvalue weighted by Gasteiger charge is -2.36. The summed E-state index contributed by atoms with van der Waals surface area (Å²) < 4.78 is 41.0. The number of alkyl halides is 2. The van der Waals surface area contributed by atoms with Crippen LogP contribution in [0.5, 0.6) is 0 Å². The number of nitrogens with zero attached hydrogens (tertiary/aromatic N) is 2. The minimum atomic E-state index is -5.79. The number of hydrogen-bond acceptors (Lipinski definition) is 4. The van der Waals surface area contributed by atoms with E-state index in [1.807, 2.05) is 54.6 Å². The molecule has 0 bridgehead atoms.